The maximum atomic E-state index is 12.0. The summed E-state index contributed by atoms with van der Waals surface area (Å²) in [5.41, 5.74) is 0. The fourth-order valence-electron chi connectivity index (χ4n) is 4.37. The van der Waals surface area contributed by atoms with E-state index in [4.69, 9.17) is 51.7 Å². The first-order chi connectivity index (χ1) is 25.4. The molecule has 2 N–H and O–H groups in total. The summed E-state index contributed by atoms with van der Waals surface area (Å²) >= 11 is 0. The summed E-state index contributed by atoms with van der Waals surface area (Å²) in [5.74, 6) is -0.274. The first-order valence-corrected chi connectivity index (χ1v) is 20.5. The summed E-state index contributed by atoms with van der Waals surface area (Å²) in [6, 6.07) is 0. The van der Waals surface area contributed by atoms with Crippen LogP contribution in [0.1, 0.15) is 90.4 Å². The molecule has 0 aromatic heterocycles. The monoisotopic (exact) mass is 775 g/mol. The van der Waals surface area contributed by atoms with E-state index in [0.717, 1.165) is 19.3 Å². The Hall–Kier alpha value is -1.43. The molecule has 0 aliphatic heterocycles. The van der Waals surface area contributed by atoms with Gasteiger partial charge in [0.1, 0.15) is 6.61 Å². The van der Waals surface area contributed by atoms with Gasteiger partial charge in [0.25, 0.3) is 0 Å². The van der Waals surface area contributed by atoms with Crippen LogP contribution in [0.2, 0.25) is 0 Å². The van der Waals surface area contributed by atoms with E-state index in [9.17, 15) is 19.0 Å². The maximum absolute atomic E-state index is 12.0. The van der Waals surface area contributed by atoms with Gasteiger partial charge >= 0.3 is 19.9 Å². The number of esters is 1. The van der Waals surface area contributed by atoms with Crippen LogP contribution in [0.3, 0.4) is 0 Å². The van der Waals surface area contributed by atoms with E-state index in [1.807, 2.05) is 0 Å². The second-order valence-corrected chi connectivity index (χ2v) is 13.2. The van der Waals surface area contributed by atoms with E-state index in [2.05, 4.69) is 12.2 Å². The molecule has 0 bridgehead atoms. The van der Waals surface area contributed by atoms with Gasteiger partial charge in [0.2, 0.25) is 0 Å². The highest BCUT2D eigenvalue weighted by Gasteiger charge is 2.20. The van der Waals surface area contributed by atoms with Crippen LogP contribution in [-0.4, -0.2) is 143 Å². The number of hydrogen-bond donors (Lipinski definition) is 2. The molecule has 16 nitrogen and oxygen atoms in total. The molecule has 1 amide bonds. The van der Waals surface area contributed by atoms with E-state index >= 15 is 0 Å². The van der Waals surface area contributed by atoms with Crippen molar-refractivity contribution < 1.29 is 70.7 Å². The molecule has 0 spiro atoms. The summed E-state index contributed by atoms with van der Waals surface area (Å²) in [7, 11) is -2.68. The van der Waals surface area contributed by atoms with Crippen LogP contribution in [-0.2, 0) is 61.0 Å². The quantitative estimate of drug-likeness (QED) is 0.0467. The van der Waals surface area contributed by atoms with Gasteiger partial charge in [-0.1, -0.05) is 71.1 Å². The van der Waals surface area contributed by atoms with Gasteiger partial charge in [-0.25, -0.2) is 9.36 Å². The van der Waals surface area contributed by atoms with Crippen molar-refractivity contribution in [2.45, 2.75) is 90.4 Å². The number of ether oxygens (including phenoxy) is 9. The van der Waals surface area contributed by atoms with Gasteiger partial charge in [0.05, 0.1) is 106 Å². The molecule has 0 fully saturated rings. The Morgan fingerprint density at radius 3 is 1.40 bits per heavy atom. The molecule has 0 heterocycles. The molecule has 52 heavy (non-hydrogen) atoms. The SMILES string of the molecule is CCCCCCCCCCCCCC(=O)OCCCOP(=O)(O)OCCNC(=O)OCCOCCOCCOCCOCCOCCOCCOC. The summed E-state index contributed by atoms with van der Waals surface area (Å²) < 4.78 is 68.9. The second kappa shape index (κ2) is 40.7. The smallest absolute Gasteiger partial charge is 0.466 e. The third-order valence-electron chi connectivity index (χ3n) is 7.17. The van der Waals surface area contributed by atoms with Crippen LogP contribution < -0.4 is 5.32 Å². The summed E-state index contributed by atoms with van der Waals surface area (Å²) in [6.45, 7) is 7.70. The Labute approximate surface area is 312 Å². The number of methoxy groups -OCH3 is 1. The maximum Gasteiger partial charge on any atom is 0.472 e. The minimum absolute atomic E-state index is 0.0223. The van der Waals surface area contributed by atoms with E-state index in [0.29, 0.717) is 85.7 Å². The van der Waals surface area contributed by atoms with Crippen molar-refractivity contribution in [3.63, 3.8) is 0 Å². The average Bonchev–Trinajstić information content (AvgIpc) is 3.13. The van der Waals surface area contributed by atoms with Gasteiger partial charge in [-0.05, 0) is 6.42 Å². The Morgan fingerprint density at radius 1 is 0.500 bits per heavy atom. The molecule has 1 atom stereocenters. The third-order valence-corrected chi connectivity index (χ3v) is 8.19. The summed E-state index contributed by atoms with van der Waals surface area (Å²) in [6.07, 6.45) is 13.2. The lowest BCUT2D eigenvalue weighted by molar-refractivity contribution is -0.144. The Balaban J connectivity index is 3.42. The van der Waals surface area contributed by atoms with Gasteiger partial charge < -0.3 is 52.8 Å². The fraction of sp³-hybridized carbons (Fsp3) is 0.943. The van der Waals surface area contributed by atoms with Crippen molar-refractivity contribution in [2.24, 2.45) is 0 Å². The number of nitrogens with one attached hydrogen (secondary N) is 1. The topological polar surface area (TPSA) is 185 Å². The number of amides is 1. The fourth-order valence-corrected chi connectivity index (χ4v) is 5.13. The number of unbranched alkanes of at least 4 members (excludes halogenated alkanes) is 10. The number of phosphoric ester groups is 1. The second-order valence-electron chi connectivity index (χ2n) is 11.7. The molecule has 0 radical (unpaired) electrons. The number of carbonyl (C=O) groups excluding carboxylic acids is 2. The number of phosphoric acid groups is 1. The number of carbonyl (C=O) groups is 2. The van der Waals surface area contributed by atoms with Crippen molar-refractivity contribution in [1.29, 1.82) is 0 Å². The lowest BCUT2D eigenvalue weighted by Gasteiger charge is -2.13. The van der Waals surface area contributed by atoms with Crippen molar-refractivity contribution >= 4 is 19.9 Å². The number of hydrogen-bond acceptors (Lipinski definition) is 14. The molecule has 0 aromatic rings. The molecule has 0 aromatic carbocycles. The Kier molecular flexibility index (Phi) is 39.6. The Morgan fingerprint density at radius 2 is 0.923 bits per heavy atom. The van der Waals surface area contributed by atoms with Gasteiger partial charge in [-0.3, -0.25) is 13.8 Å². The molecule has 17 heteroatoms. The van der Waals surface area contributed by atoms with Crippen molar-refractivity contribution in [2.75, 3.05) is 126 Å². The van der Waals surface area contributed by atoms with Gasteiger partial charge in [-0.15, -0.1) is 0 Å². The molecule has 0 aliphatic rings. The number of rotatable bonds is 42. The first-order valence-electron chi connectivity index (χ1n) is 19.0. The van der Waals surface area contributed by atoms with Crippen LogP contribution in [0, 0.1) is 0 Å². The van der Waals surface area contributed by atoms with Gasteiger partial charge in [0.15, 0.2) is 0 Å². The summed E-state index contributed by atoms with van der Waals surface area (Å²) in [4.78, 5) is 33.4. The molecular formula is C35H70NO15P. The lowest BCUT2D eigenvalue weighted by Crippen LogP contribution is -2.29. The first kappa shape index (κ1) is 50.6. The van der Waals surface area contributed by atoms with E-state index in [1.165, 1.54) is 51.4 Å². The van der Waals surface area contributed by atoms with Crippen molar-refractivity contribution in [3.05, 3.63) is 0 Å². The normalized spacial score (nSPS) is 12.5. The minimum atomic E-state index is -4.30. The summed E-state index contributed by atoms with van der Waals surface area (Å²) in [5, 5.41) is 2.40. The van der Waals surface area contributed by atoms with Crippen molar-refractivity contribution in [3.8, 4) is 0 Å². The van der Waals surface area contributed by atoms with Crippen molar-refractivity contribution in [1.82, 2.24) is 5.32 Å². The number of alkyl carbamates (subject to hydrolysis) is 1. The largest absolute Gasteiger partial charge is 0.472 e. The minimum Gasteiger partial charge on any atom is -0.466 e. The van der Waals surface area contributed by atoms with Gasteiger partial charge in [0, 0.05) is 26.5 Å². The standard InChI is InChI=1S/C35H70NO15P/c1-3-4-5-6-7-8-9-10-11-12-13-15-34(37)48-17-14-18-50-52(39,40)51-19-16-36-35(38)49-33-32-47-31-30-46-29-28-45-27-26-44-25-24-43-23-22-42-21-20-41-2/h3-33H2,1-2H3,(H,36,38)(H,39,40). The lowest BCUT2D eigenvalue weighted by atomic mass is 10.1. The van der Waals surface area contributed by atoms with Crippen LogP contribution in [0.4, 0.5) is 4.79 Å². The van der Waals surface area contributed by atoms with Crippen LogP contribution in [0.25, 0.3) is 0 Å². The molecule has 0 saturated carbocycles. The highest BCUT2D eigenvalue weighted by atomic mass is 31.2. The zero-order chi connectivity index (χ0) is 38.1. The predicted molar refractivity (Wildman–Crippen MR) is 195 cm³/mol. The molecule has 0 aliphatic carbocycles. The van der Waals surface area contributed by atoms with Crippen LogP contribution >= 0.6 is 7.82 Å². The Bertz CT molecular complexity index is 827. The zero-order valence-corrected chi connectivity index (χ0v) is 32.9. The zero-order valence-electron chi connectivity index (χ0n) is 32.0. The van der Waals surface area contributed by atoms with E-state index in [-0.39, 0.29) is 52.0 Å². The molecule has 1 unspecified atom stereocenters. The predicted octanol–water partition coefficient (Wildman–Crippen LogP) is 5.23. The van der Waals surface area contributed by atoms with E-state index in [1.54, 1.807) is 7.11 Å². The van der Waals surface area contributed by atoms with Gasteiger partial charge in [-0.2, -0.15) is 0 Å². The molecular weight excluding hydrogens is 705 g/mol. The van der Waals surface area contributed by atoms with E-state index < -0.39 is 13.9 Å². The molecule has 310 valence electrons. The van der Waals surface area contributed by atoms with Crippen LogP contribution in [0.15, 0.2) is 0 Å². The highest BCUT2D eigenvalue weighted by molar-refractivity contribution is 7.47. The molecule has 0 saturated heterocycles. The third kappa shape index (κ3) is 41.3. The average molecular weight is 776 g/mol. The van der Waals surface area contributed by atoms with Crippen LogP contribution in [0.5, 0.6) is 0 Å². The molecule has 0 rings (SSSR count). The highest BCUT2D eigenvalue weighted by Crippen LogP contribution is 2.42.